The van der Waals surface area contributed by atoms with Gasteiger partial charge in [0.1, 0.15) is 5.82 Å². The zero-order valence-electron chi connectivity index (χ0n) is 8.70. The molecular weight excluding hydrogens is 179 g/mol. The van der Waals surface area contributed by atoms with E-state index in [2.05, 4.69) is 11.8 Å². The Morgan fingerprint density at radius 1 is 1.36 bits per heavy atom. The molecule has 0 saturated carbocycles. The van der Waals surface area contributed by atoms with Crippen LogP contribution in [0.1, 0.15) is 13.3 Å². The quantitative estimate of drug-likeness (QED) is 0.798. The predicted octanol–water partition coefficient (Wildman–Crippen LogP) is 2.00. The maximum Gasteiger partial charge on any atom is 0.123 e. The molecule has 0 saturated heterocycles. The number of halogens is 1. The van der Waals surface area contributed by atoms with Crippen molar-refractivity contribution in [3.8, 4) is 0 Å². The van der Waals surface area contributed by atoms with Crippen molar-refractivity contribution in [2.45, 2.75) is 19.4 Å². The highest BCUT2D eigenvalue weighted by molar-refractivity contribution is 5.46. The molecule has 1 aromatic rings. The first-order chi connectivity index (χ1) is 6.69. The van der Waals surface area contributed by atoms with Gasteiger partial charge < -0.3 is 10.6 Å². The first kappa shape index (κ1) is 11.0. The van der Waals surface area contributed by atoms with Crippen molar-refractivity contribution < 1.29 is 4.39 Å². The number of benzene rings is 1. The Balaban J connectivity index is 2.77. The van der Waals surface area contributed by atoms with E-state index in [1.807, 2.05) is 7.05 Å². The summed E-state index contributed by atoms with van der Waals surface area (Å²) < 4.78 is 12.7. The molecule has 0 heterocycles. The highest BCUT2D eigenvalue weighted by Gasteiger charge is 2.10. The van der Waals surface area contributed by atoms with Crippen molar-refractivity contribution in [3.63, 3.8) is 0 Å². The normalized spacial score (nSPS) is 12.6. The van der Waals surface area contributed by atoms with Crippen LogP contribution in [0.2, 0.25) is 0 Å². The molecule has 0 bridgehead atoms. The molecule has 0 aromatic heterocycles. The molecule has 0 aliphatic carbocycles. The third-order valence-corrected chi connectivity index (χ3v) is 2.52. The number of hydrogen-bond donors (Lipinski definition) is 1. The summed E-state index contributed by atoms with van der Waals surface area (Å²) in [5.74, 6) is -0.206. The molecule has 3 heteroatoms. The Labute approximate surface area is 84.5 Å². The van der Waals surface area contributed by atoms with E-state index in [1.54, 1.807) is 12.1 Å². The largest absolute Gasteiger partial charge is 0.370 e. The van der Waals surface area contributed by atoms with Crippen LogP contribution in [-0.2, 0) is 0 Å². The Morgan fingerprint density at radius 3 is 2.36 bits per heavy atom. The van der Waals surface area contributed by atoms with E-state index in [-0.39, 0.29) is 5.82 Å². The molecule has 0 spiro atoms. The monoisotopic (exact) mass is 196 g/mol. The van der Waals surface area contributed by atoms with Crippen molar-refractivity contribution >= 4 is 5.69 Å². The van der Waals surface area contributed by atoms with Gasteiger partial charge in [0.15, 0.2) is 0 Å². The standard InChI is InChI=1S/C11H17FN2/c1-3-10(8-13)14(2)11-6-4-9(12)5-7-11/h4-7,10H,3,8,13H2,1-2H3. The Hall–Kier alpha value is -1.09. The predicted molar refractivity (Wildman–Crippen MR) is 57.9 cm³/mol. The Kier molecular flexibility index (Phi) is 3.89. The lowest BCUT2D eigenvalue weighted by Gasteiger charge is -2.28. The van der Waals surface area contributed by atoms with Crippen LogP contribution in [0.3, 0.4) is 0 Å². The van der Waals surface area contributed by atoms with Gasteiger partial charge in [-0.2, -0.15) is 0 Å². The van der Waals surface area contributed by atoms with E-state index in [0.29, 0.717) is 12.6 Å². The molecule has 14 heavy (non-hydrogen) atoms. The Bertz CT molecular complexity index is 267. The zero-order valence-corrected chi connectivity index (χ0v) is 8.70. The molecule has 2 nitrogen and oxygen atoms in total. The first-order valence-corrected chi connectivity index (χ1v) is 4.87. The lowest BCUT2D eigenvalue weighted by Crippen LogP contribution is -2.37. The minimum absolute atomic E-state index is 0.206. The fourth-order valence-corrected chi connectivity index (χ4v) is 1.49. The van der Waals surface area contributed by atoms with E-state index in [0.717, 1.165) is 12.1 Å². The van der Waals surface area contributed by atoms with Gasteiger partial charge in [0.25, 0.3) is 0 Å². The molecular formula is C11H17FN2. The second-order valence-electron chi connectivity index (χ2n) is 3.39. The third-order valence-electron chi connectivity index (χ3n) is 2.52. The Morgan fingerprint density at radius 2 is 1.93 bits per heavy atom. The molecule has 1 rings (SSSR count). The minimum atomic E-state index is -0.206. The van der Waals surface area contributed by atoms with E-state index < -0.39 is 0 Å². The van der Waals surface area contributed by atoms with Crippen LogP contribution in [0.4, 0.5) is 10.1 Å². The van der Waals surface area contributed by atoms with Gasteiger partial charge in [-0.1, -0.05) is 6.92 Å². The van der Waals surface area contributed by atoms with Crippen LogP contribution in [0.25, 0.3) is 0 Å². The highest BCUT2D eigenvalue weighted by Crippen LogP contribution is 2.16. The number of anilines is 1. The van der Waals surface area contributed by atoms with Gasteiger partial charge in [-0.3, -0.25) is 0 Å². The summed E-state index contributed by atoms with van der Waals surface area (Å²) in [5.41, 5.74) is 6.64. The van der Waals surface area contributed by atoms with Crippen molar-refractivity contribution in [2.75, 3.05) is 18.5 Å². The van der Waals surface area contributed by atoms with Gasteiger partial charge in [0.05, 0.1) is 0 Å². The van der Waals surface area contributed by atoms with Crippen LogP contribution in [0, 0.1) is 5.82 Å². The average molecular weight is 196 g/mol. The highest BCUT2D eigenvalue weighted by atomic mass is 19.1. The fraction of sp³-hybridized carbons (Fsp3) is 0.455. The summed E-state index contributed by atoms with van der Waals surface area (Å²) in [5, 5.41) is 0. The van der Waals surface area contributed by atoms with Crippen LogP contribution >= 0.6 is 0 Å². The number of likely N-dealkylation sites (N-methyl/N-ethyl adjacent to an activating group) is 1. The lowest BCUT2D eigenvalue weighted by molar-refractivity contribution is 0.613. The first-order valence-electron chi connectivity index (χ1n) is 4.87. The van der Waals surface area contributed by atoms with Crippen molar-refractivity contribution in [1.82, 2.24) is 0 Å². The lowest BCUT2D eigenvalue weighted by atomic mass is 10.2. The van der Waals surface area contributed by atoms with Gasteiger partial charge in [-0.05, 0) is 30.7 Å². The van der Waals surface area contributed by atoms with E-state index in [9.17, 15) is 4.39 Å². The number of nitrogens with two attached hydrogens (primary N) is 1. The maximum atomic E-state index is 12.7. The molecule has 1 unspecified atom stereocenters. The summed E-state index contributed by atoms with van der Waals surface area (Å²) in [6.07, 6.45) is 0.990. The third kappa shape index (κ3) is 2.45. The van der Waals surface area contributed by atoms with E-state index >= 15 is 0 Å². The number of rotatable bonds is 4. The van der Waals surface area contributed by atoms with Gasteiger partial charge in [-0.25, -0.2) is 4.39 Å². The van der Waals surface area contributed by atoms with E-state index in [4.69, 9.17) is 5.73 Å². The van der Waals surface area contributed by atoms with E-state index in [1.165, 1.54) is 12.1 Å². The minimum Gasteiger partial charge on any atom is -0.370 e. The summed E-state index contributed by atoms with van der Waals surface area (Å²) in [7, 11) is 1.98. The zero-order chi connectivity index (χ0) is 10.6. The molecule has 0 amide bonds. The molecule has 2 N–H and O–H groups in total. The fourth-order valence-electron chi connectivity index (χ4n) is 1.49. The summed E-state index contributed by atoms with van der Waals surface area (Å²) >= 11 is 0. The molecule has 0 fully saturated rings. The molecule has 1 aromatic carbocycles. The second kappa shape index (κ2) is 4.96. The maximum absolute atomic E-state index is 12.7. The molecule has 1 atom stereocenters. The van der Waals surface area contributed by atoms with Crippen LogP contribution in [-0.4, -0.2) is 19.6 Å². The number of nitrogens with zero attached hydrogens (tertiary/aromatic N) is 1. The summed E-state index contributed by atoms with van der Waals surface area (Å²) in [4.78, 5) is 2.08. The van der Waals surface area contributed by atoms with Crippen molar-refractivity contribution in [3.05, 3.63) is 30.1 Å². The van der Waals surface area contributed by atoms with Crippen LogP contribution < -0.4 is 10.6 Å². The second-order valence-corrected chi connectivity index (χ2v) is 3.39. The van der Waals surface area contributed by atoms with Gasteiger partial charge in [-0.15, -0.1) is 0 Å². The SMILES string of the molecule is CCC(CN)N(C)c1ccc(F)cc1. The van der Waals surface area contributed by atoms with Crippen molar-refractivity contribution in [1.29, 1.82) is 0 Å². The molecule has 78 valence electrons. The van der Waals surface area contributed by atoms with Crippen LogP contribution in [0.5, 0.6) is 0 Å². The number of hydrogen-bond acceptors (Lipinski definition) is 2. The smallest absolute Gasteiger partial charge is 0.123 e. The molecule has 0 aliphatic rings. The van der Waals surface area contributed by atoms with Crippen molar-refractivity contribution in [2.24, 2.45) is 5.73 Å². The van der Waals surface area contributed by atoms with Gasteiger partial charge >= 0.3 is 0 Å². The topological polar surface area (TPSA) is 29.3 Å². The molecule has 0 radical (unpaired) electrons. The van der Waals surface area contributed by atoms with Crippen LogP contribution in [0.15, 0.2) is 24.3 Å². The molecule has 0 aliphatic heterocycles. The summed E-state index contributed by atoms with van der Waals surface area (Å²) in [6.45, 7) is 2.71. The summed E-state index contributed by atoms with van der Waals surface area (Å²) in [6, 6.07) is 6.80. The van der Waals surface area contributed by atoms with Gasteiger partial charge in [0.2, 0.25) is 0 Å². The average Bonchev–Trinajstić information content (AvgIpc) is 2.20. The van der Waals surface area contributed by atoms with Gasteiger partial charge in [0, 0.05) is 25.3 Å².